The van der Waals surface area contributed by atoms with Crippen LogP contribution >= 0.6 is 0 Å². The number of H-pyrrole nitrogens is 1. The molecule has 118 valence electrons. The second-order valence-electron chi connectivity index (χ2n) is 4.96. The maximum absolute atomic E-state index is 12.4. The van der Waals surface area contributed by atoms with E-state index < -0.39 is 0 Å². The molecule has 6 nitrogen and oxygen atoms in total. The van der Waals surface area contributed by atoms with Gasteiger partial charge in [0.25, 0.3) is 5.91 Å². The number of carbonyl (C=O) groups is 1. The molecule has 23 heavy (non-hydrogen) atoms. The van der Waals surface area contributed by atoms with Gasteiger partial charge in [0.2, 0.25) is 0 Å². The summed E-state index contributed by atoms with van der Waals surface area (Å²) in [6.45, 7) is 0.360. The number of benzene rings is 1. The van der Waals surface area contributed by atoms with Crippen molar-refractivity contribution in [3.8, 4) is 11.5 Å². The molecule has 0 bridgehead atoms. The van der Waals surface area contributed by atoms with Gasteiger partial charge in [0.1, 0.15) is 17.1 Å². The lowest BCUT2D eigenvalue weighted by Gasteiger charge is -2.11. The number of nitrogens with zero attached hydrogens (tertiary/aromatic N) is 1. The maximum atomic E-state index is 12.4. The molecule has 2 aromatic heterocycles. The molecule has 0 aliphatic rings. The zero-order valence-electron chi connectivity index (χ0n) is 12.9. The standard InChI is InChI=1S/C17H17N3O3/c1-22-12-6-5-11(15(8-12)23-2)9-20-17(21)14-10-19-16-13(14)4-3-7-18-16/h3-8,10H,9H2,1-2H3,(H,18,19)(H,20,21). The summed E-state index contributed by atoms with van der Waals surface area (Å²) in [5, 5.41) is 3.70. The summed E-state index contributed by atoms with van der Waals surface area (Å²) in [6.07, 6.45) is 3.35. The molecule has 0 atom stereocenters. The number of nitrogens with one attached hydrogen (secondary N) is 2. The number of aromatic amines is 1. The van der Waals surface area contributed by atoms with Crippen molar-refractivity contribution >= 4 is 16.9 Å². The molecule has 0 spiro atoms. The molecule has 6 heteroatoms. The number of hydrogen-bond donors (Lipinski definition) is 2. The van der Waals surface area contributed by atoms with Gasteiger partial charge in [-0.3, -0.25) is 4.79 Å². The summed E-state index contributed by atoms with van der Waals surface area (Å²) in [7, 11) is 3.19. The molecule has 2 N–H and O–H groups in total. The summed E-state index contributed by atoms with van der Waals surface area (Å²) in [5.41, 5.74) is 2.14. The predicted octanol–water partition coefficient (Wildman–Crippen LogP) is 2.51. The number of pyridine rings is 1. The third kappa shape index (κ3) is 2.96. The van der Waals surface area contributed by atoms with Crippen LogP contribution in [0.2, 0.25) is 0 Å². The van der Waals surface area contributed by atoms with Crippen molar-refractivity contribution < 1.29 is 14.3 Å². The van der Waals surface area contributed by atoms with Gasteiger partial charge in [-0.05, 0) is 24.3 Å². The van der Waals surface area contributed by atoms with Crippen LogP contribution in [-0.4, -0.2) is 30.1 Å². The SMILES string of the molecule is COc1ccc(CNC(=O)c2c[nH]c3ncccc23)c(OC)c1. The fourth-order valence-corrected chi connectivity index (χ4v) is 2.41. The van der Waals surface area contributed by atoms with Crippen LogP contribution in [0, 0.1) is 0 Å². The van der Waals surface area contributed by atoms with Crippen molar-refractivity contribution in [2.75, 3.05) is 14.2 Å². The summed E-state index contributed by atoms with van der Waals surface area (Å²) in [4.78, 5) is 19.6. The quantitative estimate of drug-likeness (QED) is 0.759. The lowest BCUT2D eigenvalue weighted by molar-refractivity contribution is 0.0952. The van der Waals surface area contributed by atoms with E-state index in [4.69, 9.17) is 9.47 Å². The average Bonchev–Trinajstić information content (AvgIpc) is 3.03. The third-order valence-electron chi connectivity index (χ3n) is 3.63. The van der Waals surface area contributed by atoms with E-state index in [9.17, 15) is 4.79 Å². The van der Waals surface area contributed by atoms with E-state index in [0.29, 0.717) is 29.3 Å². The van der Waals surface area contributed by atoms with E-state index >= 15 is 0 Å². The summed E-state index contributed by atoms with van der Waals surface area (Å²) < 4.78 is 10.5. The molecular formula is C17H17N3O3. The van der Waals surface area contributed by atoms with E-state index in [0.717, 1.165) is 10.9 Å². The fourth-order valence-electron chi connectivity index (χ4n) is 2.41. The highest BCUT2D eigenvalue weighted by Gasteiger charge is 2.13. The minimum absolute atomic E-state index is 0.165. The number of hydrogen-bond acceptors (Lipinski definition) is 4. The van der Waals surface area contributed by atoms with Gasteiger partial charge in [-0.15, -0.1) is 0 Å². The topological polar surface area (TPSA) is 76.2 Å². The Morgan fingerprint density at radius 2 is 2.13 bits per heavy atom. The minimum atomic E-state index is -0.165. The van der Waals surface area contributed by atoms with Gasteiger partial charge < -0.3 is 19.8 Å². The third-order valence-corrected chi connectivity index (χ3v) is 3.63. The predicted molar refractivity (Wildman–Crippen MR) is 86.8 cm³/mol. The largest absolute Gasteiger partial charge is 0.497 e. The Labute approximate surface area is 133 Å². The number of methoxy groups -OCH3 is 2. The van der Waals surface area contributed by atoms with Gasteiger partial charge in [0.15, 0.2) is 0 Å². The van der Waals surface area contributed by atoms with Crippen molar-refractivity contribution in [2.24, 2.45) is 0 Å². The number of fused-ring (bicyclic) bond motifs is 1. The Balaban J connectivity index is 1.77. The van der Waals surface area contributed by atoms with Crippen molar-refractivity contribution in [1.82, 2.24) is 15.3 Å². The van der Waals surface area contributed by atoms with E-state index in [1.807, 2.05) is 18.2 Å². The highest BCUT2D eigenvalue weighted by molar-refractivity contribution is 6.05. The number of rotatable bonds is 5. The second-order valence-corrected chi connectivity index (χ2v) is 4.96. The highest BCUT2D eigenvalue weighted by Crippen LogP contribution is 2.24. The van der Waals surface area contributed by atoms with Crippen molar-refractivity contribution in [1.29, 1.82) is 0 Å². The van der Waals surface area contributed by atoms with Crippen LogP contribution in [0.1, 0.15) is 15.9 Å². The molecule has 0 aliphatic carbocycles. The number of carbonyl (C=O) groups excluding carboxylic acids is 1. The van der Waals surface area contributed by atoms with Gasteiger partial charge in [0, 0.05) is 36.0 Å². The molecule has 3 aromatic rings. The summed E-state index contributed by atoms with van der Waals surface area (Å²) in [5.74, 6) is 1.21. The molecule has 0 saturated heterocycles. The smallest absolute Gasteiger partial charge is 0.253 e. The van der Waals surface area contributed by atoms with E-state index in [-0.39, 0.29) is 5.91 Å². The first-order chi connectivity index (χ1) is 11.2. The lowest BCUT2D eigenvalue weighted by atomic mass is 10.1. The summed E-state index contributed by atoms with van der Waals surface area (Å²) in [6, 6.07) is 9.16. The number of ether oxygens (including phenoxy) is 2. The molecule has 0 unspecified atom stereocenters. The molecular weight excluding hydrogens is 294 g/mol. The molecule has 2 heterocycles. The van der Waals surface area contributed by atoms with Crippen LogP contribution in [0.3, 0.4) is 0 Å². The van der Waals surface area contributed by atoms with Crippen molar-refractivity contribution in [2.45, 2.75) is 6.54 Å². The first-order valence-electron chi connectivity index (χ1n) is 7.14. The van der Waals surface area contributed by atoms with Crippen LogP contribution in [0.4, 0.5) is 0 Å². The fraction of sp³-hybridized carbons (Fsp3) is 0.176. The van der Waals surface area contributed by atoms with Gasteiger partial charge >= 0.3 is 0 Å². The molecule has 0 aliphatic heterocycles. The van der Waals surface area contributed by atoms with E-state index in [2.05, 4.69) is 15.3 Å². The zero-order chi connectivity index (χ0) is 16.2. The maximum Gasteiger partial charge on any atom is 0.253 e. The Morgan fingerprint density at radius 3 is 2.91 bits per heavy atom. The van der Waals surface area contributed by atoms with Gasteiger partial charge in [-0.1, -0.05) is 0 Å². The molecule has 1 aromatic carbocycles. The molecule has 0 fully saturated rings. The van der Waals surface area contributed by atoms with Gasteiger partial charge in [-0.2, -0.15) is 0 Å². The van der Waals surface area contributed by atoms with Crippen LogP contribution in [-0.2, 0) is 6.54 Å². The second kappa shape index (κ2) is 6.39. The van der Waals surface area contributed by atoms with Crippen molar-refractivity contribution in [3.05, 3.63) is 53.9 Å². The Hall–Kier alpha value is -3.02. The van der Waals surface area contributed by atoms with Crippen LogP contribution in [0.25, 0.3) is 11.0 Å². The van der Waals surface area contributed by atoms with Gasteiger partial charge in [0.05, 0.1) is 19.8 Å². The highest BCUT2D eigenvalue weighted by atomic mass is 16.5. The number of aromatic nitrogens is 2. The Bertz CT molecular complexity index is 842. The molecule has 3 rings (SSSR count). The van der Waals surface area contributed by atoms with Crippen LogP contribution < -0.4 is 14.8 Å². The zero-order valence-corrected chi connectivity index (χ0v) is 12.9. The molecule has 1 amide bonds. The lowest BCUT2D eigenvalue weighted by Crippen LogP contribution is -2.22. The molecule has 0 saturated carbocycles. The average molecular weight is 311 g/mol. The first-order valence-corrected chi connectivity index (χ1v) is 7.14. The Morgan fingerprint density at radius 1 is 1.26 bits per heavy atom. The first kappa shape index (κ1) is 14.9. The minimum Gasteiger partial charge on any atom is -0.497 e. The van der Waals surface area contributed by atoms with Gasteiger partial charge in [-0.25, -0.2) is 4.98 Å². The van der Waals surface area contributed by atoms with E-state index in [1.54, 1.807) is 38.7 Å². The summed E-state index contributed by atoms with van der Waals surface area (Å²) >= 11 is 0. The van der Waals surface area contributed by atoms with Crippen molar-refractivity contribution in [3.63, 3.8) is 0 Å². The Kier molecular flexibility index (Phi) is 4.14. The van der Waals surface area contributed by atoms with E-state index in [1.165, 1.54) is 0 Å². The normalized spacial score (nSPS) is 10.5. The van der Waals surface area contributed by atoms with Crippen LogP contribution in [0.15, 0.2) is 42.7 Å². The molecule has 0 radical (unpaired) electrons. The monoisotopic (exact) mass is 311 g/mol. The van der Waals surface area contributed by atoms with Crippen LogP contribution in [0.5, 0.6) is 11.5 Å². The number of amides is 1.